The quantitative estimate of drug-likeness (QED) is 0.491. The molecule has 9 heteroatoms. The van der Waals surface area contributed by atoms with E-state index in [0.29, 0.717) is 6.54 Å². The highest BCUT2D eigenvalue weighted by Gasteiger charge is 2.25. The van der Waals surface area contributed by atoms with Crippen molar-refractivity contribution in [3.8, 4) is 0 Å². The number of carbonyl (C=O) groups is 1. The number of amides is 1. The molecule has 19 heavy (non-hydrogen) atoms. The van der Waals surface area contributed by atoms with E-state index in [1.165, 1.54) is 18.9 Å². The largest absolute Gasteiger partial charge is 0.355 e. The van der Waals surface area contributed by atoms with Gasteiger partial charge in [-0.05, 0) is 25.4 Å². The molecule has 1 rings (SSSR count). The Morgan fingerprint density at radius 1 is 1.53 bits per heavy atom. The fourth-order valence-electron chi connectivity index (χ4n) is 1.54. The van der Waals surface area contributed by atoms with Crippen LogP contribution in [0, 0.1) is 17.0 Å². The summed E-state index contributed by atoms with van der Waals surface area (Å²) >= 11 is 5.70. The lowest BCUT2D eigenvalue weighted by Gasteiger charge is -2.17. The number of nitrogens with one attached hydrogen (secondary N) is 1. The molecule has 1 N–H and O–H groups in total. The summed E-state index contributed by atoms with van der Waals surface area (Å²) in [4.78, 5) is 30.8. The number of nitrogens with zero attached hydrogens (tertiary/aromatic N) is 4. The molecule has 0 bridgehead atoms. The number of rotatable bonds is 5. The maximum Gasteiger partial charge on any atom is 0.332 e. The van der Waals surface area contributed by atoms with Crippen LogP contribution in [0.1, 0.15) is 12.6 Å². The third-order valence-electron chi connectivity index (χ3n) is 2.31. The van der Waals surface area contributed by atoms with Gasteiger partial charge in [0, 0.05) is 13.6 Å². The number of hydrogen-bond donors (Lipinski definition) is 1. The molecule has 0 saturated heterocycles. The van der Waals surface area contributed by atoms with Gasteiger partial charge in [-0.1, -0.05) is 0 Å². The molecular formula is C10H14ClN5O3. The van der Waals surface area contributed by atoms with Gasteiger partial charge in [-0.2, -0.15) is 4.98 Å². The number of anilines is 1. The molecule has 0 saturated carbocycles. The molecule has 1 aromatic heterocycles. The molecule has 0 fully saturated rings. The van der Waals surface area contributed by atoms with Crippen LogP contribution in [0.15, 0.2) is 0 Å². The van der Waals surface area contributed by atoms with Crippen LogP contribution in [0.4, 0.5) is 11.5 Å². The van der Waals surface area contributed by atoms with Gasteiger partial charge in [-0.25, -0.2) is 4.98 Å². The van der Waals surface area contributed by atoms with Gasteiger partial charge in [0.25, 0.3) is 0 Å². The number of aryl methyl sites for hydroxylation is 1. The van der Waals surface area contributed by atoms with E-state index >= 15 is 0 Å². The number of halogens is 1. The summed E-state index contributed by atoms with van der Waals surface area (Å²) in [5.41, 5.74) is -0.0982. The predicted octanol–water partition coefficient (Wildman–Crippen LogP) is 0.919. The Morgan fingerprint density at radius 2 is 2.16 bits per heavy atom. The van der Waals surface area contributed by atoms with Gasteiger partial charge in [0.05, 0.1) is 11.5 Å². The summed E-state index contributed by atoms with van der Waals surface area (Å²) < 4.78 is 0. The molecule has 104 valence electrons. The molecule has 8 nitrogen and oxygen atoms in total. The second-order valence-corrected chi connectivity index (χ2v) is 4.16. The van der Waals surface area contributed by atoms with Crippen LogP contribution in [0.5, 0.6) is 0 Å². The number of carbonyl (C=O) groups excluding carboxylic acids is 1. The molecule has 0 spiro atoms. The van der Waals surface area contributed by atoms with Crippen molar-refractivity contribution in [3.05, 3.63) is 21.1 Å². The zero-order chi connectivity index (χ0) is 14.6. The Balaban J connectivity index is 3.11. The Kier molecular flexibility index (Phi) is 4.99. The van der Waals surface area contributed by atoms with Crippen LogP contribution in [0.25, 0.3) is 0 Å². The molecular weight excluding hydrogens is 274 g/mol. The summed E-state index contributed by atoms with van der Waals surface area (Å²) in [7, 11) is 1.53. The first kappa shape index (κ1) is 15.1. The molecule has 0 aliphatic rings. The third kappa shape index (κ3) is 3.75. The molecule has 0 aliphatic heterocycles. The van der Waals surface area contributed by atoms with Crippen molar-refractivity contribution in [1.29, 1.82) is 0 Å². The van der Waals surface area contributed by atoms with Crippen LogP contribution in [0.2, 0.25) is 5.28 Å². The molecule has 0 unspecified atom stereocenters. The molecule has 1 amide bonds. The first-order valence-electron chi connectivity index (χ1n) is 5.53. The first-order valence-corrected chi connectivity index (χ1v) is 5.91. The molecule has 0 radical (unpaired) electrons. The molecule has 1 heterocycles. The standard InChI is InChI=1S/C10H14ClN5O3/c1-4-12-7(17)5-15(3)9-8(16(18)19)6(2)13-10(11)14-9/h4-5H2,1-3H3,(H,12,17). The minimum absolute atomic E-state index is 0.0220. The first-order chi connectivity index (χ1) is 8.86. The van der Waals surface area contributed by atoms with Gasteiger partial charge in [-0.15, -0.1) is 0 Å². The van der Waals surface area contributed by atoms with E-state index in [4.69, 9.17) is 11.6 Å². The van der Waals surface area contributed by atoms with E-state index in [1.54, 1.807) is 6.92 Å². The Hall–Kier alpha value is -1.96. The van der Waals surface area contributed by atoms with Crippen LogP contribution >= 0.6 is 11.6 Å². The van der Waals surface area contributed by atoms with Crippen LogP contribution in [-0.4, -0.2) is 40.9 Å². The van der Waals surface area contributed by atoms with E-state index < -0.39 is 4.92 Å². The zero-order valence-corrected chi connectivity index (χ0v) is 11.6. The van der Waals surface area contributed by atoms with Crippen molar-refractivity contribution in [2.75, 3.05) is 25.0 Å². The van der Waals surface area contributed by atoms with Gasteiger partial charge in [0.2, 0.25) is 17.0 Å². The van der Waals surface area contributed by atoms with Crippen molar-refractivity contribution in [3.63, 3.8) is 0 Å². The average Bonchev–Trinajstić information content (AvgIpc) is 2.27. The van der Waals surface area contributed by atoms with Crippen LogP contribution < -0.4 is 10.2 Å². The predicted molar refractivity (Wildman–Crippen MR) is 70.4 cm³/mol. The fraction of sp³-hybridized carbons (Fsp3) is 0.500. The smallest absolute Gasteiger partial charge is 0.332 e. The normalized spacial score (nSPS) is 10.1. The third-order valence-corrected chi connectivity index (χ3v) is 2.48. The Morgan fingerprint density at radius 3 is 2.68 bits per heavy atom. The summed E-state index contributed by atoms with van der Waals surface area (Å²) in [6.07, 6.45) is 0. The van der Waals surface area contributed by atoms with Crippen molar-refractivity contribution < 1.29 is 9.72 Å². The highest BCUT2D eigenvalue weighted by Crippen LogP contribution is 2.28. The summed E-state index contributed by atoms with van der Waals surface area (Å²) in [5.74, 6) is -0.236. The highest BCUT2D eigenvalue weighted by atomic mass is 35.5. The fourth-order valence-corrected chi connectivity index (χ4v) is 1.75. The van der Waals surface area contributed by atoms with Gasteiger partial charge < -0.3 is 10.2 Å². The number of aromatic nitrogens is 2. The highest BCUT2D eigenvalue weighted by molar-refractivity contribution is 6.28. The Labute approximate surface area is 114 Å². The molecule has 0 aliphatic carbocycles. The minimum Gasteiger partial charge on any atom is -0.355 e. The van der Waals surface area contributed by atoms with Crippen LogP contribution in [0.3, 0.4) is 0 Å². The van der Waals surface area contributed by atoms with Crippen molar-refractivity contribution >= 4 is 29.0 Å². The second-order valence-electron chi connectivity index (χ2n) is 3.82. The van der Waals surface area contributed by atoms with E-state index in [-0.39, 0.29) is 34.9 Å². The van der Waals surface area contributed by atoms with E-state index in [1.807, 2.05) is 0 Å². The summed E-state index contributed by atoms with van der Waals surface area (Å²) in [6.45, 7) is 3.68. The van der Waals surface area contributed by atoms with Crippen LogP contribution in [-0.2, 0) is 4.79 Å². The SMILES string of the molecule is CCNC(=O)CN(C)c1nc(Cl)nc(C)c1[N+](=O)[O-]. The summed E-state index contributed by atoms with van der Waals surface area (Å²) in [6, 6.07) is 0. The zero-order valence-electron chi connectivity index (χ0n) is 10.8. The lowest BCUT2D eigenvalue weighted by molar-refractivity contribution is -0.385. The van der Waals surface area contributed by atoms with Crippen molar-refractivity contribution in [2.24, 2.45) is 0 Å². The monoisotopic (exact) mass is 287 g/mol. The molecule has 0 atom stereocenters. The number of hydrogen-bond acceptors (Lipinski definition) is 6. The minimum atomic E-state index is -0.588. The van der Waals surface area contributed by atoms with E-state index in [9.17, 15) is 14.9 Å². The molecule has 1 aromatic rings. The van der Waals surface area contributed by atoms with Crippen molar-refractivity contribution in [1.82, 2.24) is 15.3 Å². The van der Waals surface area contributed by atoms with E-state index in [0.717, 1.165) is 0 Å². The van der Waals surface area contributed by atoms with Gasteiger partial charge in [0.1, 0.15) is 5.69 Å². The summed E-state index contributed by atoms with van der Waals surface area (Å²) in [5, 5.41) is 13.5. The maximum atomic E-state index is 11.5. The maximum absolute atomic E-state index is 11.5. The number of likely N-dealkylation sites (N-methyl/N-ethyl adjacent to an activating group) is 2. The molecule has 0 aromatic carbocycles. The Bertz CT molecular complexity index is 508. The lowest BCUT2D eigenvalue weighted by Crippen LogP contribution is -2.35. The van der Waals surface area contributed by atoms with Gasteiger partial charge >= 0.3 is 5.69 Å². The van der Waals surface area contributed by atoms with Gasteiger partial charge in [0.15, 0.2) is 0 Å². The second kappa shape index (κ2) is 6.28. The number of nitro groups is 1. The van der Waals surface area contributed by atoms with Gasteiger partial charge in [-0.3, -0.25) is 14.9 Å². The topological polar surface area (TPSA) is 101 Å². The lowest BCUT2D eigenvalue weighted by atomic mass is 10.3. The van der Waals surface area contributed by atoms with E-state index in [2.05, 4.69) is 15.3 Å². The van der Waals surface area contributed by atoms with Crippen molar-refractivity contribution in [2.45, 2.75) is 13.8 Å². The average molecular weight is 288 g/mol.